The minimum Gasteiger partial charge on any atom is -0.321 e. The van der Waals surface area contributed by atoms with Crippen molar-refractivity contribution in [2.45, 2.75) is 13.0 Å². The predicted molar refractivity (Wildman–Crippen MR) is 97.6 cm³/mol. The number of anilines is 1. The minimum absolute atomic E-state index is 0.00798. The van der Waals surface area contributed by atoms with Crippen molar-refractivity contribution < 1.29 is 14.3 Å². The molecule has 1 amide bonds. The Bertz CT molecular complexity index is 892. The summed E-state index contributed by atoms with van der Waals surface area (Å²) in [5, 5.41) is 13.4. The van der Waals surface area contributed by atoms with Crippen molar-refractivity contribution in [1.29, 1.82) is 0 Å². The zero-order valence-corrected chi connectivity index (χ0v) is 14.0. The molecule has 0 saturated heterocycles. The van der Waals surface area contributed by atoms with E-state index in [-0.39, 0.29) is 18.1 Å². The molecular formula is C20H18N3O3+. The molecule has 2 aromatic carbocycles. The van der Waals surface area contributed by atoms with Gasteiger partial charge in [0.15, 0.2) is 12.4 Å². The number of pyridine rings is 1. The summed E-state index contributed by atoms with van der Waals surface area (Å²) in [5.41, 5.74) is 2.93. The Kier molecular flexibility index (Phi) is 5.34. The number of benzene rings is 2. The quantitative estimate of drug-likeness (QED) is 0.422. The molecule has 1 aromatic heterocycles. The maximum Gasteiger partial charge on any atom is 0.290 e. The molecule has 0 aliphatic heterocycles. The largest absolute Gasteiger partial charge is 0.321 e. The number of non-ortho nitro benzene ring substituents is 1. The number of rotatable bonds is 6. The highest BCUT2D eigenvalue weighted by Crippen LogP contribution is 2.15. The van der Waals surface area contributed by atoms with E-state index in [1.54, 1.807) is 4.57 Å². The molecule has 6 nitrogen and oxygen atoms in total. The third-order valence-corrected chi connectivity index (χ3v) is 3.90. The number of hydrogen-bond acceptors (Lipinski definition) is 3. The van der Waals surface area contributed by atoms with Gasteiger partial charge in [0.2, 0.25) is 6.54 Å². The van der Waals surface area contributed by atoms with E-state index in [2.05, 4.69) is 17.4 Å². The maximum absolute atomic E-state index is 12.1. The molecule has 0 unspecified atom stereocenters. The summed E-state index contributed by atoms with van der Waals surface area (Å²) in [6.07, 6.45) is 4.58. The van der Waals surface area contributed by atoms with Crippen LogP contribution in [0.15, 0.2) is 79.1 Å². The zero-order valence-electron chi connectivity index (χ0n) is 14.0. The molecule has 0 radical (unpaired) electrons. The topological polar surface area (TPSA) is 76.1 Å². The van der Waals surface area contributed by atoms with Gasteiger partial charge in [-0.3, -0.25) is 14.9 Å². The van der Waals surface area contributed by atoms with Crippen LogP contribution in [0.2, 0.25) is 0 Å². The third kappa shape index (κ3) is 4.73. The normalized spacial score (nSPS) is 10.3. The number of nitro benzene ring substituents is 1. The zero-order chi connectivity index (χ0) is 18.4. The standard InChI is InChI=1S/C20H17N3O3/c24-20(21-18-6-8-19(9-7-18)23(25)26)15-22-12-10-17(11-13-22)14-16-4-2-1-3-5-16/h1-13H,14-15H2/p+1. The summed E-state index contributed by atoms with van der Waals surface area (Å²) >= 11 is 0. The van der Waals surface area contributed by atoms with Gasteiger partial charge in [0.1, 0.15) is 0 Å². The molecule has 6 heteroatoms. The lowest BCUT2D eigenvalue weighted by molar-refractivity contribution is -0.684. The summed E-state index contributed by atoms with van der Waals surface area (Å²) < 4.78 is 1.79. The Morgan fingerprint density at radius 1 is 0.923 bits per heavy atom. The van der Waals surface area contributed by atoms with Gasteiger partial charge in [-0.1, -0.05) is 30.3 Å². The van der Waals surface area contributed by atoms with E-state index in [0.29, 0.717) is 5.69 Å². The summed E-state index contributed by atoms with van der Waals surface area (Å²) in [7, 11) is 0. The number of hydrogen-bond donors (Lipinski definition) is 1. The van der Waals surface area contributed by atoms with Crippen molar-refractivity contribution in [3.05, 3.63) is 100 Å². The van der Waals surface area contributed by atoms with Crippen molar-refractivity contribution in [3.63, 3.8) is 0 Å². The van der Waals surface area contributed by atoms with Crippen molar-refractivity contribution in [1.82, 2.24) is 0 Å². The second-order valence-corrected chi connectivity index (χ2v) is 5.89. The summed E-state index contributed by atoms with van der Waals surface area (Å²) in [4.78, 5) is 22.3. The Balaban J connectivity index is 1.56. The Morgan fingerprint density at radius 3 is 2.15 bits per heavy atom. The van der Waals surface area contributed by atoms with Crippen LogP contribution in [0.5, 0.6) is 0 Å². The molecule has 0 bridgehead atoms. The van der Waals surface area contributed by atoms with Crippen LogP contribution in [0.1, 0.15) is 11.1 Å². The van der Waals surface area contributed by atoms with Crippen LogP contribution >= 0.6 is 0 Å². The van der Waals surface area contributed by atoms with Crippen LogP contribution in [0.4, 0.5) is 11.4 Å². The number of nitrogens with one attached hydrogen (secondary N) is 1. The second kappa shape index (κ2) is 8.02. The number of carbonyl (C=O) groups excluding carboxylic acids is 1. The minimum atomic E-state index is -0.474. The smallest absolute Gasteiger partial charge is 0.290 e. The van der Waals surface area contributed by atoms with Gasteiger partial charge < -0.3 is 5.32 Å². The average molecular weight is 348 g/mol. The van der Waals surface area contributed by atoms with Crippen LogP contribution in [-0.4, -0.2) is 10.8 Å². The first-order valence-electron chi connectivity index (χ1n) is 8.16. The highest BCUT2D eigenvalue weighted by molar-refractivity contribution is 5.89. The molecule has 0 saturated carbocycles. The molecule has 0 aliphatic rings. The van der Waals surface area contributed by atoms with E-state index in [9.17, 15) is 14.9 Å². The molecule has 0 fully saturated rings. The highest BCUT2D eigenvalue weighted by Gasteiger charge is 2.11. The third-order valence-electron chi connectivity index (χ3n) is 3.90. The van der Waals surface area contributed by atoms with E-state index in [0.717, 1.165) is 6.42 Å². The van der Waals surface area contributed by atoms with Gasteiger partial charge in [-0.25, -0.2) is 0 Å². The molecule has 1 N–H and O–H groups in total. The van der Waals surface area contributed by atoms with Crippen molar-refractivity contribution >= 4 is 17.3 Å². The van der Waals surface area contributed by atoms with Gasteiger partial charge in [0.25, 0.3) is 11.6 Å². The maximum atomic E-state index is 12.1. The van der Waals surface area contributed by atoms with Gasteiger partial charge in [0.05, 0.1) is 4.92 Å². The van der Waals surface area contributed by atoms with E-state index in [1.807, 2.05) is 42.7 Å². The summed E-state index contributed by atoms with van der Waals surface area (Å²) in [6.45, 7) is 0.169. The number of nitro groups is 1. The Morgan fingerprint density at radius 2 is 1.54 bits per heavy atom. The van der Waals surface area contributed by atoms with Gasteiger partial charge >= 0.3 is 0 Å². The predicted octanol–water partition coefficient (Wildman–Crippen LogP) is 3.11. The van der Waals surface area contributed by atoms with E-state index in [4.69, 9.17) is 0 Å². The van der Waals surface area contributed by atoms with E-state index in [1.165, 1.54) is 35.4 Å². The average Bonchev–Trinajstić information content (AvgIpc) is 2.64. The molecule has 3 rings (SSSR count). The molecule has 130 valence electrons. The molecule has 0 spiro atoms. The summed E-state index contributed by atoms with van der Waals surface area (Å²) in [5.74, 6) is -0.195. The first-order valence-corrected chi connectivity index (χ1v) is 8.16. The first-order chi connectivity index (χ1) is 12.6. The Labute approximate surface area is 150 Å². The monoisotopic (exact) mass is 348 g/mol. The van der Waals surface area contributed by atoms with Crippen LogP contribution in [0.25, 0.3) is 0 Å². The van der Waals surface area contributed by atoms with Crippen LogP contribution in [0, 0.1) is 10.1 Å². The number of carbonyl (C=O) groups is 1. The summed E-state index contributed by atoms with van der Waals surface area (Å²) in [6, 6.07) is 19.9. The fourth-order valence-electron chi connectivity index (χ4n) is 2.58. The molecule has 0 aliphatic carbocycles. The van der Waals surface area contributed by atoms with Crippen molar-refractivity contribution in [2.75, 3.05) is 5.32 Å². The van der Waals surface area contributed by atoms with Crippen molar-refractivity contribution in [2.24, 2.45) is 0 Å². The second-order valence-electron chi connectivity index (χ2n) is 5.89. The SMILES string of the molecule is O=C(C[n+]1ccc(Cc2ccccc2)cc1)Nc1ccc([N+](=O)[O-])cc1. The van der Waals surface area contributed by atoms with Gasteiger partial charge in [0, 0.05) is 30.0 Å². The van der Waals surface area contributed by atoms with Gasteiger partial charge in [-0.2, -0.15) is 4.57 Å². The van der Waals surface area contributed by atoms with Crippen molar-refractivity contribution in [3.8, 4) is 0 Å². The highest BCUT2D eigenvalue weighted by atomic mass is 16.6. The van der Waals surface area contributed by atoms with Gasteiger partial charge in [-0.05, 0) is 29.7 Å². The fourth-order valence-corrected chi connectivity index (χ4v) is 2.58. The molecule has 26 heavy (non-hydrogen) atoms. The Hall–Kier alpha value is -3.54. The van der Waals surface area contributed by atoms with Crippen LogP contribution < -0.4 is 9.88 Å². The number of aromatic nitrogens is 1. The lowest BCUT2D eigenvalue weighted by Gasteiger charge is -2.04. The lowest BCUT2D eigenvalue weighted by Crippen LogP contribution is -2.39. The van der Waals surface area contributed by atoms with E-state index >= 15 is 0 Å². The number of nitrogens with zero attached hydrogens (tertiary/aromatic N) is 2. The molecule has 1 heterocycles. The van der Waals surface area contributed by atoms with Gasteiger partial charge in [-0.15, -0.1) is 0 Å². The first kappa shape index (κ1) is 17.3. The lowest BCUT2D eigenvalue weighted by atomic mass is 10.1. The molecular weight excluding hydrogens is 330 g/mol. The van der Waals surface area contributed by atoms with Crippen LogP contribution in [-0.2, 0) is 17.8 Å². The number of amides is 1. The fraction of sp³-hybridized carbons (Fsp3) is 0.100. The molecule has 0 atom stereocenters. The van der Waals surface area contributed by atoms with Crippen LogP contribution in [0.3, 0.4) is 0 Å². The molecule has 3 aromatic rings. The van der Waals surface area contributed by atoms with E-state index < -0.39 is 4.92 Å².